The largest absolute Gasteiger partial charge is 0.326 e. The minimum Gasteiger partial charge on any atom is -0.326 e. The number of nitrogens with zero attached hydrogens (tertiary/aromatic N) is 1. The van der Waals surface area contributed by atoms with Gasteiger partial charge in [0.05, 0.1) is 5.02 Å². The molecule has 118 valence electrons. The number of hydrogen-bond acceptors (Lipinski definition) is 3. The van der Waals surface area contributed by atoms with E-state index in [0.717, 1.165) is 25.7 Å². The minimum absolute atomic E-state index is 0.0696. The quantitative estimate of drug-likeness (QED) is 0.819. The van der Waals surface area contributed by atoms with Gasteiger partial charge in [0.2, 0.25) is 10.0 Å². The fraction of sp³-hybridized carbons (Fsp3) is 0.571. The summed E-state index contributed by atoms with van der Waals surface area (Å²) in [5.41, 5.74) is 6.16. The van der Waals surface area contributed by atoms with Crippen molar-refractivity contribution in [2.45, 2.75) is 50.1 Å². The Labute approximate surface area is 136 Å². The van der Waals surface area contributed by atoms with Gasteiger partial charge in [-0.25, -0.2) is 8.42 Å². The molecule has 0 aromatic heterocycles. The van der Waals surface area contributed by atoms with E-state index >= 15 is 0 Å². The van der Waals surface area contributed by atoms with Gasteiger partial charge in [0.25, 0.3) is 0 Å². The summed E-state index contributed by atoms with van der Waals surface area (Å²) >= 11 is 12.2. The predicted octanol–water partition coefficient (Wildman–Crippen LogP) is 3.41. The predicted molar refractivity (Wildman–Crippen MR) is 86.2 cm³/mol. The third kappa shape index (κ3) is 3.71. The third-order valence-corrected chi connectivity index (χ3v) is 6.32. The number of hydrogen-bond donors (Lipinski definition) is 1. The van der Waals surface area contributed by atoms with E-state index in [0.29, 0.717) is 17.1 Å². The molecule has 0 amide bonds. The Morgan fingerprint density at radius 1 is 1.33 bits per heavy atom. The van der Waals surface area contributed by atoms with Crippen LogP contribution in [0.4, 0.5) is 0 Å². The normalized spacial score (nSPS) is 15.7. The maximum absolute atomic E-state index is 12.9. The summed E-state index contributed by atoms with van der Waals surface area (Å²) in [7, 11) is -3.63. The van der Waals surface area contributed by atoms with Gasteiger partial charge in [-0.15, -0.1) is 0 Å². The lowest BCUT2D eigenvalue weighted by molar-refractivity contribution is 0.395. The molecule has 0 aliphatic heterocycles. The van der Waals surface area contributed by atoms with Gasteiger partial charge in [-0.3, -0.25) is 0 Å². The van der Waals surface area contributed by atoms with Gasteiger partial charge in [0.1, 0.15) is 4.90 Å². The molecule has 1 fully saturated rings. The van der Waals surface area contributed by atoms with Gasteiger partial charge >= 0.3 is 0 Å². The molecule has 4 nitrogen and oxygen atoms in total. The van der Waals surface area contributed by atoms with Crippen molar-refractivity contribution < 1.29 is 8.42 Å². The Morgan fingerprint density at radius 2 is 2.00 bits per heavy atom. The Kier molecular flexibility index (Phi) is 5.54. The molecule has 1 aliphatic rings. The second kappa shape index (κ2) is 6.84. The first-order valence-corrected chi connectivity index (χ1v) is 9.31. The summed E-state index contributed by atoms with van der Waals surface area (Å²) in [6.45, 7) is 2.71. The van der Waals surface area contributed by atoms with E-state index in [9.17, 15) is 8.42 Å². The highest BCUT2D eigenvalue weighted by atomic mass is 35.5. The fourth-order valence-electron chi connectivity index (χ4n) is 2.26. The van der Waals surface area contributed by atoms with Crippen LogP contribution in [0, 0.1) is 0 Å². The number of nitrogens with two attached hydrogens (primary N) is 1. The van der Waals surface area contributed by atoms with Gasteiger partial charge in [-0.2, -0.15) is 4.31 Å². The van der Waals surface area contributed by atoms with Crippen molar-refractivity contribution in [1.29, 1.82) is 0 Å². The summed E-state index contributed by atoms with van der Waals surface area (Å²) < 4.78 is 27.4. The first-order valence-electron chi connectivity index (χ1n) is 7.11. The standard InChI is InChI=1S/C14H20Cl2N2O2S/c1-2-3-6-18(12-4-5-12)21(19,20)13-8-11(15)7-10(9-17)14(13)16/h7-8,12H,2-6,9,17H2,1H3. The Morgan fingerprint density at radius 3 is 2.52 bits per heavy atom. The molecule has 0 atom stereocenters. The van der Waals surface area contributed by atoms with Crippen LogP contribution in [-0.2, 0) is 16.6 Å². The van der Waals surface area contributed by atoms with Crippen LogP contribution >= 0.6 is 23.2 Å². The zero-order valence-electron chi connectivity index (χ0n) is 12.0. The molecule has 2 N–H and O–H groups in total. The van der Waals surface area contributed by atoms with Crippen molar-refractivity contribution >= 4 is 33.2 Å². The number of benzene rings is 1. The van der Waals surface area contributed by atoms with Gasteiger partial charge in [0.15, 0.2) is 0 Å². The molecule has 0 heterocycles. The van der Waals surface area contributed by atoms with Crippen molar-refractivity contribution in [3.8, 4) is 0 Å². The highest BCUT2D eigenvalue weighted by molar-refractivity contribution is 7.89. The monoisotopic (exact) mass is 350 g/mol. The van der Waals surface area contributed by atoms with Crippen LogP contribution in [0.15, 0.2) is 17.0 Å². The van der Waals surface area contributed by atoms with Crippen molar-refractivity contribution in [3.05, 3.63) is 27.7 Å². The Bertz CT molecular complexity index is 616. The van der Waals surface area contributed by atoms with Gasteiger partial charge in [0, 0.05) is 24.2 Å². The number of rotatable bonds is 7. The molecule has 1 aromatic rings. The lowest BCUT2D eigenvalue weighted by Gasteiger charge is -2.23. The highest BCUT2D eigenvalue weighted by Crippen LogP contribution is 2.36. The molecule has 0 saturated heterocycles. The van der Waals surface area contributed by atoms with E-state index in [1.807, 2.05) is 6.92 Å². The molecular weight excluding hydrogens is 331 g/mol. The second-order valence-corrected chi connectivity index (χ2v) is 7.96. The lowest BCUT2D eigenvalue weighted by atomic mass is 10.2. The van der Waals surface area contributed by atoms with Crippen LogP contribution in [0.25, 0.3) is 0 Å². The van der Waals surface area contributed by atoms with Gasteiger partial charge in [-0.05, 0) is 37.0 Å². The summed E-state index contributed by atoms with van der Waals surface area (Å²) in [5, 5.41) is 0.522. The van der Waals surface area contributed by atoms with Crippen LogP contribution in [0.2, 0.25) is 10.0 Å². The Hall–Kier alpha value is -0.330. The zero-order valence-corrected chi connectivity index (χ0v) is 14.3. The van der Waals surface area contributed by atoms with E-state index in [2.05, 4.69) is 0 Å². The fourth-order valence-corrected chi connectivity index (χ4v) is 4.90. The van der Waals surface area contributed by atoms with Crippen LogP contribution in [-0.4, -0.2) is 25.3 Å². The number of unbranched alkanes of at least 4 members (excludes halogenated alkanes) is 1. The minimum atomic E-state index is -3.63. The molecule has 21 heavy (non-hydrogen) atoms. The molecular formula is C14H20Cl2N2O2S. The topological polar surface area (TPSA) is 63.4 Å². The molecule has 1 aromatic carbocycles. The number of sulfonamides is 1. The molecule has 0 radical (unpaired) electrons. The van der Waals surface area contributed by atoms with Gasteiger partial charge in [-0.1, -0.05) is 36.5 Å². The van der Waals surface area contributed by atoms with E-state index in [1.54, 1.807) is 10.4 Å². The summed E-state index contributed by atoms with van der Waals surface area (Å²) in [6, 6.07) is 3.12. The van der Waals surface area contributed by atoms with Crippen molar-refractivity contribution in [2.24, 2.45) is 5.73 Å². The lowest BCUT2D eigenvalue weighted by Crippen LogP contribution is -2.34. The molecule has 2 rings (SSSR count). The van der Waals surface area contributed by atoms with Crippen LogP contribution in [0.5, 0.6) is 0 Å². The van der Waals surface area contributed by atoms with E-state index in [-0.39, 0.29) is 22.5 Å². The SMILES string of the molecule is CCCCN(C1CC1)S(=O)(=O)c1cc(Cl)cc(CN)c1Cl. The average Bonchev–Trinajstić information content (AvgIpc) is 3.25. The average molecular weight is 351 g/mol. The summed E-state index contributed by atoms with van der Waals surface area (Å²) in [6.07, 6.45) is 3.59. The van der Waals surface area contributed by atoms with E-state index in [4.69, 9.17) is 28.9 Å². The smallest absolute Gasteiger partial charge is 0.244 e. The molecule has 7 heteroatoms. The first-order chi connectivity index (χ1) is 9.91. The summed E-state index contributed by atoms with van der Waals surface area (Å²) in [4.78, 5) is 0.0696. The van der Waals surface area contributed by atoms with Crippen LogP contribution in [0.3, 0.4) is 0 Å². The molecule has 0 unspecified atom stereocenters. The zero-order chi connectivity index (χ0) is 15.6. The molecule has 1 aliphatic carbocycles. The van der Waals surface area contributed by atoms with Crippen LogP contribution in [0.1, 0.15) is 38.2 Å². The Balaban J connectivity index is 2.44. The molecule has 0 spiro atoms. The van der Waals surface area contributed by atoms with Crippen molar-refractivity contribution in [1.82, 2.24) is 4.31 Å². The second-order valence-electron chi connectivity index (χ2n) is 5.28. The van der Waals surface area contributed by atoms with Gasteiger partial charge < -0.3 is 5.73 Å². The van der Waals surface area contributed by atoms with E-state index < -0.39 is 10.0 Å². The maximum Gasteiger partial charge on any atom is 0.244 e. The van der Waals surface area contributed by atoms with Crippen LogP contribution < -0.4 is 5.73 Å². The van der Waals surface area contributed by atoms with E-state index in [1.165, 1.54) is 6.07 Å². The third-order valence-electron chi connectivity index (χ3n) is 3.57. The molecule has 0 bridgehead atoms. The summed E-state index contributed by atoms with van der Waals surface area (Å²) in [5.74, 6) is 0. The van der Waals surface area contributed by atoms with Crippen molar-refractivity contribution in [2.75, 3.05) is 6.54 Å². The molecule has 1 saturated carbocycles. The highest BCUT2D eigenvalue weighted by Gasteiger charge is 2.38. The first kappa shape index (κ1) is 17.0. The maximum atomic E-state index is 12.9. The number of halogens is 2. The van der Waals surface area contributed by atoms with Crippen molar-refractivity contribution in [3.63, 3.8) is 0 Å².